The highest BCUT2D eigenvalue weighted by molar-refractivity contribution is 9.10. The summed E-state index contributed by atoms with van der Waals surface area (Å²) >= 11 is 3.37. The Hall–Kier alpha value is -1.34. The molecule has 1 aromatic rings. The van der Waals surface area contributed by atoms with E-state index in [-0.39, 0.29) is 11.9 Å². The fourth-order valence-corrected chi connectivity index (χ4v) is 1.95. The molecule has 0 aliphatic heterocycles. The van der Waals surface area contributed by atoms with Gasteiger partial charge in [-0.05, 0) is 37.5 Å². The van der Waals surface area contributed by atoms with Gasteiger partial charge in [0.25, 0.3) is 0 Å². The zero-order valence-corrected chi connectivity index (χ0v) is 11.1. The van der Waals surface area contributed by atoms with Crippen LogP contribution in [0.25, 0.3) is 0 Å². The summed E-state index contributed by atoms with van der Waals surface area (Å²) in [6, 6.07) is 9.83. The third-order valence-corrected chi connectivity index (χ3v) is 3.64. The first-order valence-electron chi connectivity index (χ1n) is 5.55. The highest BCUT2D eigenvalue weighted by Gasteiger charge is 2.50. The van der Waals surface area contributed by atoms with Crippen molar-refractivity contribution in [1.29, 1.82) is 5.26 Å². The standard InChI is InChI=1S/C13H13BrN2O/c1-9(10-2-4-11(14)5-3-10)16-12(17)13(8-15)6-7-13/h2-5,9H,6-7H2,1H3,(H,16,17)/t9-/m1/s1. The minimum absolute atomic E-state index is 0.0681. The van der Waals surface area contributed by atoms with Crippen LogP contribution in [-0.4, -0.2) is 5.91 Å². The summed E-state index contributed by atoms with van der Waals surface area (Å²) in [6.45, 7) is 1.93. The Morgan fingerprint density at radius 3 is 2.53 bits per heavy atom. The third kappa shape index (κ3) is 2.50. The van der Waals surface area contributed by atoms with Gasteiger partial charge in [0.2, 0.25) is 5.91 Å². The molecule has 0 unspecified atom stereocenters. The lowest BCUT2D eigenvalue weighted by molar-refractivity contribution is -0.125. The maximum Gasteiger partial charge on any atom is 0.240 e. The highest BCUT2D eigenvalue weighted by Crippen LogP contribution is 2.45. The molecule has 1 N–H and O–H groups in total. The van der Waals surface area contributed by atoms with Gasteiger partial charge >= 0.3 is 0 Å². The van der Waals surface area contributed by atoms with Crippen LogP contribution in [0.1, 0.15) is 31.4 Å². The van der Waals surface area contributed by atoms with Gasteiger partial charge < -0.3 is 5.32 Å². The fourth-order valence-electron chi connectivity index (χ4n) is 1.68. The number of amides is 1. The van der Waals surface area contributed by atoms with Gasteiger partial charge in [0.1, 0.15) is 5.41 Å². The van der Waals surface area contributed by atoms with Gasteiger partial charge in [0, 0.05) is 4.47 Å². The first-order chi connectivity index (χ1) is 8.07. The normalized spacial score (nSPS) is 17.9. The maximum atomic E-state index is 11.9. The van der Waals surface area contributed by atoms with Crippen molar-refractivity contribution in [3.8, 4) is 6.07 Å². The quantitative estimate of drug-likeness (QED) is 0.931. The summed E-state index contributed by atoms with van der Waals surface area (Å²) in [7, 11) is 0. The molecule has 1 aliphatic rings. The van der Waals surface area contributed by atoms with Crippen LogP contribution in [0.5, 0.6) is 0 Å². The number of hydrogen-bond acceptors (Lipinski definition) is 2. The van der Waals surface area contributed by atoms with Crippen LogP contribution in [0.3, 0.4) is 0 Å². The second-order valence-electron chi connectivity index (χ2n) is 4.44. The average Bonchev–Trinajstić information content (AvgIpc) is 3.10. The van der Waals surface area contributed by atoms with Gasteiger partial charge in [-0.1, -0.05) is 28.1 Å². The maximum absolute atomic E-state index is 11.9. The lowest BCUT2D eigenvalue weighted by Crippen LogP contribution is -2.33. The van der Waals surface area contributed by atoms with Crippen LogP contribution < -0.4 is 5.32 Å². The van der Waals surface area contributed by atoms with E-state index < -0.39 is 5.41 Å². The van der Waals surface area contributed by atoms with Crippen molar-refractivity contribution in [3.05, 3.63) is 34.3 Å². The first-order valence-corrected chi connectivity index (χ1v) is 6.34. The van der Waals surface area contributed by atoms with Crippen molar-refractivity contribution < 1.29 is 4.79 Å². The Bertz CT molecular complexity index is 471. The van der Waals surface area contributed by atoms with Crippen LogP contribution in [0.2, 0.25) is 0 Å². The van der Waals surface area contributed by atoms with Crippen molar-refractivity contribution in [3.63, 3.8) is 0 Å². The van der Waals surface area contributed by atoms with Gasteiger partial charge in [-0.2, -0.15) is 5.26 Å². The molecule has 0 bridgehead atoms. The van der Waals surface area contributed by atoms with Gasteiger partial charge in [-0.3, -0.25) is 4.79 Å². The number of nitrogens with one attached hydrogen (secondary N) is 1. The predicted molar refractivity (Wildman–Crippen MR) is 68.0 cm³/mol. The zero-order chi connectivity index (χ0) is 12.5. The molecular formula is C13H13BrN2O. The van der Waals surface area contributed by atoms with E-state index in [2.05, 4.69) is 27.3 Å². The Labute approximate surface area is 109 Å². The van der Waals surface area contributed by atoms with E-state index in [4.69, 9.17) is 5.26 Å². The molecule has 4 heteroatoms. The smallest absolute Gasteiger partial charge is 0.240 e. The summed E-state index contributed by atoms with van der Waals surface area (Å²) in [5.74, 6) is -0.143. The summed E-state index contributed by atoms with van der Waals surface area (Å²) < 4.78 is 1.01. The SMILES string of the molecule is C[C@@H](NC(=O)C1(C#N)CC1)c1ccc(Br)cc1. The predicted octanol–water partition coefficient (Wildman–Crippen LogP) is 2.93. The first kappa shape index (κ1) is 12.1. The van der Waals surface area contributed by atoms with E-state index in [0.717, 1.165) is 10.0 Å². The van der Waals surface area contributed by atoms with Gasteiger partial charge in [0.15, 0.2) is 0 Å². The Morgan fingerprint density at radius 2 is 2.06 bits per heavy atom. The molecular weight excluding hydrogens is 280 g/mol. The van der Waals surface area contributed by atoms with E-state index >= 15 is 0 Å². The largest absolute Gasteiger partial charge is 0.348 e. The number of benzene rings is 1. The van der Waals surface area contributed by atoms with Gasteiger partial charge in [0.05, 0.1) is 12.1 Å². The van der Waals surface area contributed by atoms with Crippen LogP contribution >= 0.6 is 15.9 Å². The molecule has 1 aliphatic carbocycles. The topological polar surface area (TPSA) is 52.9 Å². The molecule has 0 spiro atoms. The lowest BCUT2D eigenvalue weighted by Gasteiger charge is -2.16. The van der Waals surface area contributed by atoms with Crippen molar-refractivity contribution in [2.45, 2.75) is 25.8 Å². The second kappa shape index (κ2) is 4.50. The van der Waals surface area contributed by atoms with Crippen molar-refractivity contribution >= 4 is 21.8 Å². The van der Waals surface area contributed by atoms with E-state index in [1.54, 1.807) is 0 Å². The molecule has 0 radical (unpaired) electrons. The Balaban J connectivity index is 2.02. The highest BCUT2D eigenvalue weighted by atomic mass is 79.9. The molecule has 2 rings (SSSR count). The molecule has 0 heterocycles. The number of nitriles is 1. The summed E-state index contributed by atoms with van der Waals surface area (Å²) in [5, 5.41) is 11.8. The van der Waals surface area contributed by atoms with E-state index in [1.165, 1.54) is 0 Å². The van der Waals surface area contributed by atoms with Crippen LogP contribution in [0.4, 0.5) is 0 Å². The lowest BCUT2D eigenvalue weighted by atomic mass is 10.1. The summed E-state index contributed by atoms with van der Waals surface area (Å²) in [6.07, 6.45) is 1.37. The van der Waals surface area contributed by atoms with Gasteiger partial charge in [-0.25, -0.2) is 0 Å². The van der Waals surface area contributed by atoms with Crippen LogP contribution in [0, 0.1) is 16.7 Å². The molecule has 88 valence electrons. The third-order valence-electron chi connectivity index (χ3n) is 3.12. The number of carbonyl (C=O) groups is 1. The molecule has 0 saturated heterocycles. The van der Waals surface area contributed by atoms with E-state index in [1.807, 2.05) is 31.2 Å². The monoisotopic (exact) mass is 292 g/mol. The number of nitrogens with zero attached hydrogens (tertiary/aromatic N) is 1. The molecule has 1 amide bonds. The van der Waals surface area contributed by atoms with E-state index in [9.17, 15) is 4.79 Å². The molecule has 0 aromatic heterocycles. The Kier molecular flexibility index (Phi) is 3.21. The van der Waals surface area contributed by atoms with Crippen molar-refractivity contribution in [2.75, 3.05) is 0 Å². The van der Waals surface area contributed by atoms with E-state index in [0.29, 0.717) is 12.8 Å². The fraction of sp³-hybridized carbons (Fsp3) is 0.385. The molecule has 1 atom stereocenters. The average molecular weight is 293 g/mol. The summed E-state index contributed by atoms with van der Waals surface area (Å²) in [5.41, 5.74) is 0.291. The molecule has 1 fully saturated rings. The minimum atomic E-state index is -0.746. The van der Waals surface area contributed by atoms with Crippen LogP contribution in [0.15, 0.2) is 28.7 Å². The van der Waals surface area contributed by atoms with Crippen molar-refractivity contribution in [2.24, 2.45) is 5.41 Å². The Morgan fingerprint density at radius 1 is 1.47 bits per heavy atom. The molecule has 1 saturated carbocycles. The molecule has 3 nitrogen and oxygen atoms in total. The number of rotatable bonds is 3. The minimum Gasteiger partial charge on any atom is -0.348 e. The number of carbonyl (C=O) groups excluding carboxylic acids is 1. The van der Waals surface area contributed by atoms with Crippen molar-refractivity contribution in [1.82, 2.24) is 5.32 Å². The van der Waals surface area contributed by atoms with Crippen LogP contribution in [-0.2, 0) is 4.79 Å². The number of halogens is 1. The molecule has 1 aromatic carbocycles. The summed E-state index contributed by atoms with van der Waals surface area (Å²) in [4.78, 5) is 11.9. The second-order valence-corrected chi connectivity index (χ2v) is 5.36. The zero-order valence-electron chi connectivity index (χ0n) is 9.53. The number of hydrogen-bond donors (Lipinski definition) is 1. The molecule has 17 heavy (non-hydrogen) atoms. The van der Waals surface area contributed by atoms with Gasteiger partial charge in [-0.15, -0.1) is 0 Å².